The molecule has 3 aromatic heterocycles. The normalized spacial score (nSPS) is 17.6. The van der Waals surface area contributed by atoms with E-state index in [1.54, 1.807) is 0 Å². The van der Waals surface area contributed by atoms with Gasteiger partial charge in [-0.2, -0.15) is 0 Å². The Bertz CT molecular complexity index is 1280. The maximum Gasteiger partial charge on any atom is 0.334 e. The van der Waals surface area contributed by atoms with Crippen LogP contribution in [0.15, 0.2) is 41.2 Å². The lowest BCUT2D eigenvalue weighted by atomic mass is 9.63. The molecule has 4 heteroatoms. The van der Waals surface area contributed by atoms with Crippen molar-refractivity contribution in [2.45, 2.75) is 58.3 Å². The van der Waals surface area contributed by atoms with Gasteiger partial charge in [-0.3, -0.25) is 0 Å². The van der Waals surface area contributed by atoms with Crippen LogP contribution in [0, 0.1) is 6.92 Å². The van der Waals surface area contributed by atoms with Crippen LogP contribution in [0.1, 0.15) is 57.2 Å². The van der Waals surface area contributed by atoms with Gasteiger partial charge in [-0.05, 0) is 52.3 Å². The number of furan rings is 1. The van der Waals surface area contributed by atoms with E-state index in [0.29, 0.717) is 0 Å². The molecule has 29 heavy (non-hydrogen) atoms. The molecule has 5 rings (SSSR count). The highest BCUT2D eigenvalue weighted by Gasteiger charge is 2.40. The zero-order valence-corrected chi connectivity index (χ0v) is 18.1. The maximum absolute atomic E-state index is 6.44. The molecule has 4 nitrogen and oxygen atoms in total. The molecule has 0 spiro atoms. The van der Waals surface area contributed by atoms with E-state index in [0.717, 1.165) is 40.1 Å². The van der Waals surface area contributed by atoms with Gasteiger partial charge >= 0.3 is 5.82 Å². The van der Waals surface area contributed by atoms with Crippen LogP contribution < -0.4 is 4.57 Å². The molecule has 3 heterocycles. The van der Waals surface area contributed by atoms with E-state index in [4.69, 9.17) is 9.40 Å². The first kappa shape index (κ1) is 18.3. The summed E-state index contributed by atoms with van der Waals surface area (Å²) < 4.78 is 8.48. The van der Waals surface area contributed by atoms with Gasteiger partial charge in [0.05, 0.1) is 18.6 Å². The summed E-state index contributed by atoms with van der Waals surface area (Å²) in [4.78, 5) is 9.44. The summed E-state index contributed by atoms with van der Waals surface area (Å²) in [6, 6.07) is 6.32. The Hall–Kier alpha value is -2.75. The van der Waals surface area contributed by atoms with Gasteiger partial charge in [0.1, 0.15) is 11.8 Å². The van der Waals surface area contributed by atoms with Crippen molar-refractivity contribution in [1.82, 2.24) is 9.97 Å². The lowest BCUT2D eigenvalue weighted by Gasteiger charge is -2.41. The number of hydrogen-bond acceptors (Lipinski definition) is 3. The molecule has 1 aliphatic carbocycles. The predicted octanol–water partition coefficient (Wildman–Crippen LogP) is 5.52. The highest BCUT2D eigenvalue weighted by atomic mass is 16.3. The SMILES string of the molecule is Cc1ccc2c(oc3ncc4c(c32)C(C)(C)CCC4(C)C)c1-c1nccc[n+]1C. The zero-order valence-electron chi connectivity index (χ0n) is 18.1. The van der Waals surface area contributed by atoms with Gasteiger partial charge in [0.15, 0.2) is 5.58 Å². The summed E-state index contributed by atoms with van der Waals surface area (Å²) in [5, 5.41) is 2.32. The lowest BCUT2D eigenvalue weighted by Crippen LogP contribution is -2.34. The first-order valence-corrected chi connectivity index (χ1v) is 10.4. The van der Waals surface area contributed by atoms with Crippen molar-refractivity contribution in [3.63, 3.8) is 0 Å². The van der Waals surface area contributed by atoms with Gasteiger partial charge in [-0.1, -0.05) is 39.8 Å². The second-order valence-electron chi connectivity index (χ2n) is 9.79. The molecule has 0 aliphatic heterocycles. The van der Waals surface area contributed by atoms with Gasteiger partial charge in [-0.25, -0.2) is 9.55 Å². The molecule has 0 saturated carbocycles. The Balaban J connectivity index is 1.95. The Morgan fingerprint density at radius 3 is 2.55 bits per heavy atom. The minimum atomic E-state index is 0.0869. The smallest absolute Gasteiger partial charge is 0.334 e. The van der Waals surface area contributed by atoms with Crippen molar-refractivity contribution >= 4 is 22.1 Å². The van der Waals surface area contributed by atoms with Gasteiger partial charge in [0.2, 0.25) is 5.71 Å². The van der Waals surface area contributed by atoms with Crippen LogP contribution in [0.5, 0.6) is 0 Å². The number of hydrogen-bond donors (Lipinski definition) is 0. The molecule has 0 amide bonds. The quantitative estimate of drug-likeness (QED) is 0.404. The second kappa shape index (κ2) is 5.88. The highest BCUT2D eigenvalue weighted by molar-refractivity contribution is 6.10. The van der Waals surface area contributed by atoms with E-state index >= 15 is 0 Å². The van der Waals surface area contributed by atoms with Crippen molar-refractivity contribution in [2.24, 2.45) is 7.05 Å². The number of benzene rings is 1. The number of rotatable bonds is 1. The minimum absolute atomic E-state index is 0.0869. The van der Waals surface area contributed by atoms with Crippen LogP contribution in [0.3, 0.4) is 0 Å². The summed E-state index contributed by atoms with van der Waals surface area (Å²) in [7, 11) is 2.02. The average Bonchev–Trinajstić information content (AvgIpc) is 3.04. The molecule has 1 aliphatic rings. The van der Waals surface area contributed by atoms with Crippen LogP contribution in [0.4, 0.5) is 0 Å². The van der Waals surface area contributed by atoms with Gasteiger partial charge in [0, 0.05) is 17.6 Å². The summed E-state index contributed by atoms with van der Waals surface area (Å²) in [5.74, 6) is 0.906. The summed E-state index contributed by atoms with van der Waals surface area (Å²) in [6.07, 6.45) is 8.24. The Kier molecular flexibility index (Phi) is 3.71. The molecule has 0 atom stereocenters. The third kappa shape index (κ3) is 2.54. The fourth-order valence-electron chi connectivity index (χ4n) is 4.96. The minimum Gasteiger partial charge on any atom is -0.437 e. The third-order valence-corrected chi connectivity index (χ3v) is 6.81. The zero-order chi connectivity index (χ0) is 20.6. The molecule has 0 saturated heterocycles. The number of nitrogens with zero attached hydrogens (tertiary/aromatic N) is 3. The molecular weight excluding hydrogens is 358 g/mol. The average molecular weight is 387 g/mol. The first-order chi connectivity index (χ1) is 13.7. The molecule has 148 valence electrons. The summed E-state index contributed by atoms with van der Waals surface area (Å²) >= 11 is 0. The molecule has 0 N–H and O–H groups in total. The standard InChI is InChI=1S/C25H28N3O/c1-15-8-9-16-19-20-17(24(2,3)10-11-25(20,4)5)14-27-23(19)29-21(16)18(15)22-26-12-7-13-28(22)6/h7-9,12-14H,10-11H2,1-6H3/q+1. The van der Waals surface area contributed by atoms with Crippen molar-refractivity contribution in [3.8, 4) is 11.4 Å². The predicted molar refractivity (Wildman–Crippen MR) is 116 cm³/mol. The van der Waals surface area contributed by atoms with E-state index in [1.165, 1.54) is 22.9 Å². The summed E-state index contributed by atoms with van der Waals surface area (Å²) in [5.41, 5.74) is 6.78. The van der Waals surface area contributed by atoms with Gasteiger partial charge in [-0.15, -0.1) is 0 Å². The molecule has 1 aromatic carbocycles. The van der Waals surface area contributed by atoms with E-state index in [9.17, 15) is 0 Å². The van der Waals surface area contributed by atoms with Gasteiger partial charge in [0.25, 0.3) is 0 Å². The molecule has 0 unspecified atom stereocenters. The van der Waals surface area contributed by atoms with E-state index in [2.05, 4.69) is 51.7 Å². The van der Waals surface area contributed by atoms with Gasteiger partial charge < -0.3 is 4.42 Å². The molecule has 0 fully saturated rings. The van der Waals surface area contributed by atoms with Crippen molar-refractivity contribution < 1.29 is 8.98 Å². The third-order valence-electron chi connectivity index (χ3n) is 6.81. The fraction of sp³-hybridized carbons (Fsp3) is 0.400. The van der Waals surface area contributed by atoms with E-state index in [-0.39, 0.29) is 10.8 Å². The number of aryl methyl sites for hydroxylation is 2. The van der Waals surface area contributed by atoms with E-state index < -0.39 is 0 Å². The van der Waals surface area contributed by atoms with Crippen LogP contribution in [-0.2, 0) is 17.9 Å². The highest BCUT2D eigenvalue weighted by Crippen LogP contribution is 2.50. The van der Waals surface area contributed by atoms with Crippen molar-refractivity contribution in [3.05, 3.63) is 53.5 Å². The molecule has 4 aromatic rings. The van der Waals surface area contributed by atoms with E-state index in [1.807, 2.05) is 36.3 Å². The monoisotopic (exact) mass is 386 g/mol. The number of pyridine rings is 1. The van der Waals surface area contributed by atoms with Crippen LogP contribution in [0.2, 0.25) is 0 Å². The van der Waals surface area contributed by atoms with Crippen LogP contribution >= 0.6 is 0 Å². The largest absolute Gasteiger partial charge is 0.437 e. The van der Waals surface area contributed by atoms with Crippen molar-refractivity contribution in [2.75, 3.05) is 0 Å². The number of fused-ring (bicyclic) bond motifs is 5. The molecule has 0 radical (unpaired) electrons. The van der Waals surface area contributed by atoms with Crippen LogP contribution in [-0.4, -0.2) is 9.97 Å². The van der Waals surface area contributed by atoms with Crippen LogP contribution in [0.25, 0.3) is 33.5 Å². The Morgan fingerprint density at radius 1 is 1.03 bits per heavy atom. The summed E-state index contributed by atoms with van der Waals surface area (Å²) in [6.45, 7) is 11.5. The lowest BCUT2D eigenvalue weighted by molar-refractivity contribution is -0.663. The molecule has 0 bridgehead atoms. The second-order valence-corrected chi connectivity index (χ2v) is 9.79. The Labute approximate surface area is 171 Å². The Morgan fingerprint density at radius 2 is 1.79 bits per heavy atom. The fourth-order valence-corrected chi connectivity index (χ4v) is 4.96. The number of aromatic nitrogens is 3. The first-order valence-electron chi connectivity index (χ1n) is 10.4. The topological polar surface area (TPSA) is 42.8 Å². The van der Waals surface area contributed by atoms with Crippen molar-refractivity contribution in [1.29, 1.82) is 0 Å². The molecular formula is C25H28N3O+. The maximum atomic E-state index is 6.44.